The van der Waals surface area contributed by atoms with Crippen LogP contribution in [0, 0.1) is 11.8 Å². The van der Waals surface area contributed by atoms with Gasteiger partial charge in [-0.2, -0.15) is 0 Å². The number of aliphatic hydroxyl groups is 2. The highest BCUT2D eigenvalue weighted by Gasteiger charge is 2.33. The van der Waals surface area contributed by atoms with Gasteiger partial charge in [0.1, 0.15) is 0 Å². The first-order valence-corrected chi connectivity index (χ1v) is 5.95. The van der Waals surface area contributed by atoms with Gasteiger partial charge in [-0.3, -0.25) is 0 Å². The van der Waals surface area contributed by atoms with Gasteiger partial charge in [0.05, 0.1) is 13.2 Å². The largest absolute Gasteiger partial charge is 0.463 e. The molecule has 0 rings (SSSR count). The Balaban J connectivity index is 4.18. The van der Waals surface area contributed by atoms with Crippen LogP contribution in [-0.4, -0.2) is 47.6 Å². The molecule has 0 heterocycles. The monoisotopic (exact) mass is 262 g/mol. The van der Waals surface area contributed by atoms with Gasteiger partial charge in [-0.05, 0) is 11.8 Å². The average Bonchev–Trinajstić information content (AvgIpc) is 2.30. The smallest absolute Gasteiger partial charge is 0.338 e. The quantitative estimate of drug-likeness (QED) is 0.632. The third-order valence-corrected chi connectivity index (χ3v) is 1.90. The second kappa shape index (κ2) is 8.05. The van der Waals surface area contributed by atoms with Crippen LogP contribution in [0.4, 0.5) is 0 Å². The van der Waals surface area contributed by atoms with Crippen LogP contribution in [0.5, 0.6) is 0 Å². The van der Waals surface area contributed by atoms with Crippen molar-refractivity contribution in [1.82, 2.24) is 0 Å². The normalized spacial score (nSPS) is 14.4. The van der Waals surface area contributed by atoms with E-state index in [2.05, 4.69) is 0 Å². The predicted octanol–water partition coefficient (Wildman–Crippen LogP) is 0.107. The molecule has 0 bridgehead atoms. The van der Waals surface area contributed by atoms with Crippen molar-refractivity contribution in [3.8, 4) is 0 Å². The van der Waals surface area contributed by atoms with Crippen LogP contribution in [0.2, 0.25) is 0 Å². The first kappa shape index (κ1) is 16.9. The van der Waals surface area contributed by atoms with Gasteiger partial charge in [-0.15, -0.1) is 0 Å². The summed E-state index contributed by atoms with van der Waals surface area (Å²) in [5, 5.41) is 18.8. The fraction of sp³-hybridized carbons (Fsp3) is 0.833. The molecule has 0 radical (unpaired) electrons. The van der Waals surface area contributed by atoms with Crippen molar-refractivity contribution in [2.45, 2.75) is 39.9 Å². The van der Waals surface area contributed by atoms with Crippen molar-refractivity contribution in [3.05, 3.63) is 0 Å². The van der Waals surface area contributed by atoms with E-state index in [0.717, 1.165) is 0 Å². The second-order valence-corrected chi connectivity index (χ2v) is 4.94. The van der Waals surface area contributed by atoms with Gasteiger partial charge in [0, 0.05) is 0 Å². The summed E-state index contributed by atoms with van der Waals surface area (Å²) in [5.41, 5.74) is 0. The number of ether oxygens (including phenoxy) is 2. The van der Waals surface area contributed by atoms with E-state index in [0.29, 0.717) is 0 Å². The van der Waals surface area contributed by atoms with Crippen molar-refractivity contribution in [2.24, 2.45) is 11.8 Å². The fourth-order valence-electron chi connectivity index (χ4n) is 0.926. The summed E-state index contributed by atoms with van der Waals surface area (Å²) in [7, 11) is 0. The molecule has 2 N–H and O–H groups in total. The van der Waals surface area contributed by atoms with Crippen molar-refractivity contribution < 1.29 is 29.3 Å². The minimum Gasteiger partial charge on any atom is -0.463 e. The molecule has 106 valence electrons. The van der Waals surface area contributed by atoms with Crippen LogP contribution in [0.15, 0.2) is 0 Å². The zero-order valence-electron chi connectivity index (χ0n) is 11.3. The maximum atomic E-state index is 11.3. The molecule has 2 atom stereocenters. The summed E-state index contributed by atoms with van der Waals surface area (Å²) in [5.74, 6) is -1.85. The number of rotatable bonds is 7. The molecule has 6 heteroatoms. The van der Waals surface area contributed by atoms with Crippen LogP contribution in [-0.2, 0) is 19.1 Å². The molecule has 0 amide bonds. The highest BCUT2D eigenvalue weighted by molar-refractivity contribution is 5.85. The number of carbonyl (C=O) groups is 2. The Morgan fingerprint density at radius 2 is 1.11 bits per heavy atom. The molecule has 0 spiro atoms. The molecular formula is C12H22O6. The van der Waals surface area contributed by atoms with Gasteiger partial charge >= 0.3 is 11.9 Å². The third-order valence-electron chi connectivity index (χ3n) is 1.90. The molecule has 0 aromatic heterocycles. The SMILES string of the molecule is CC(C)COC(=O)[C@H](O)[C@@H](O)C(=O)OCC(C)C. The van der Waals surface area contributed by atoms with Gasteiger partial charge < -0.3 is 19.7 Å². The molecule has 0 aliphatic heterocycles. The Labute approximate surface area is 107 Å². The molecule has 6 nitrogen and oxygen atoms in total. The van der Waals surface area contributed by atoms with Gasteiger partial charge in [0.25, 0.3) is 0 Å². The topological polar surface area (TPSA) is 93.1 Å². The lowest BCUT2D eigenvalue weighted by Gasteiger charge is -2.17. The molecule has 0 saturated heterocycles. The fourth-order valence-corrected chi connectivity index (χ4v) is 0.926. The number of aliphatic hydroxyl groups excluding tert-OH is 2. The van der Waals surface area contributed by atoms with E-state index in [4.69, 9.17) is 9.47 Å². The molecule has 0 fully saturated rings. The minimum atomic E-state index is -1.91. The third kappa shape index (κ3) is 6.56. The molecule has 18 heavy (non-hydrogen) atoms. The lowest BCUT2D eigenvalue weighted by Crippen LogP contribution is -2.42. The van der Waals surface area contributed by atoms with E-state index in [1.807, 2.05) is 27.7 Å². The van der Waals surface area contributed by atoms with E-state index in [9.17, 15) is 19.8 Å². The van der Waals surface area contributed by atoms with E-state index >= 15 is 0 Å². The predicted molar refractivity (Wildman–Crippen MR) is 63.6 cm³/mol. The Morgan fingerprint density at radius 1 is 0.833 bits per heavy atom. The lowest BCUT2D eigenvalue weighted by molar-refractivity contribution is -0.174. The van der Waals surface area contributed by atoms with Crippen LogP contribution in [0.25, 0.3) is 0 Å². The van der Waals surface area contributed by atoms with Gasteiger partial charge in [0.15, 0.2) is 12.2 Å². The Morgan fingerprint density at radius 3 is 1.33 bits per heavy atom. The van der Waals surface area contributed by atoms with Crippen LogP contribution < -0.4 is 0 Å². The van der Waals surface area contributed by atoms with E-state index in [1.54, 1.807) is 0 Å². The van der Waals surface area contributed by atoms with Gasteiger partial charge in [-0.25, -0.2) is 9.59 Å². The molecule has 0 aliphatic rings. The van der Waals surface area contributed by atoms with Crippen molar-refractivity contribution in [3.63, 3.8) is 0 Å². The maximum absolute atomic E-state index is 11.3. The Kier molecular flexibility index (Phi) is 7.54. The zero-order valence-corrected chi connectivity index (χ0v) is 11.3. The van der Waals surface area contributed by atoms with E-state index < -0.39 is 24.1 Å². The lowest BCUT2D eigenvalue weighted by atomic mass is 10.2. The summed E-state index contributed by atoms with van der Waals surface area (Å²) in [6, 6.07) is 0. The summed E-state index contributed by atoms with van der Waals surface area (Å²) >= 11 is 0. The highest BCUT2D eigenvalue weighted by atomic mass is 16.6. The molecule has 0 unspecified atom stereocenters. The van der Waals surface area contributed by atoms with Gasteiger partial charge in [-0.1, -0.05) is 27.7 Å². The molecule has 0 aliphatic carbocycles. The van der Waals surface area contributed by atoms with E-state index in [-0.39, 0.29) is 25.0 Å². The Hall–Kier alpha value is -1.14. The number of hydrogen-bond donors (Lipinski definition) is 2. The summed E-state index contributed by atoms with van der Waals surface area (Å²) in [6.45, 7) is 7.53. The first-order valence-electron chi connectivity index (χ1n) is 5.95. The van der Waals surface area contributed by atoms with Crippen molar-refractivity contribution in [1.29, 1.82) is 0 Å². The standard InChI is InChI=1S/C12H22O6/c1-7(2)5-17-11(15)9(13)10(14)12(16)18-6-8(3)4/h7-10,13-14H,5-6H2,1-4H3/t9-,10-/m1/s1. The Bertz CT molecular complexity index is 246. The van der Waals surface area contributed by atoms with Crippen molar-refractivity contribution in [2.75, 3.05) is 13.2 Å². The van der Waals surface area contributed by atoms with Crippen LogP contribution >= 0.6 is 0 Å². The number of hydrogen-bond acceptors (Lipinski definition) is 6. The minimum absolute atomic E-state index is 0.103. The second-order valence-electron chi connectivity index (χ2n) is 4.94. The maximum Gasteiger partial charge on any atom is 0.338 e. The first-order chi connectivity index (χ1) is 8.25. The highest BCUT2D eigenvalue weighted by Crippen LogP contribution is 2.03. The zero-order chi connectivity index (χ0) is 14.3. The summed E-state index contributed by atoms with van der Waals surface area (Å²) < 4.78 is 9.41. The number of carbonyl (C=O) groups excluding carboxylic acids is 2. The molecular weight excluding hydrogens is 240 g/mol. The molecule has 0 aromatic carbocycles. The summed E-state index contributed by atoms with van der Waals surface area (Å²) in [4.78, 5) is 22.6. The molecule has 0 aromatic rings. The number of esters is 2. The van der Waals surface area contributed by atoms with Crippen LogP contribution in [0.1, 0.15) is 27.7 Å². The average molecular weight is 262 g/mol. The summed E-state index contributed by atoms with van der Waals surface area (Å²) in [6.07, 6.45) is -3.83. The van der Waals surface area contributed by atoms with Crippen LogP contribution in [0.3, 0.4) is 0 Å². The molecule has 0 saturated carbocycles. The van der Waals surface area contributed by atoms with Crippen molar-refractivity contribution >= 4 is 11.9 Å². The van der Waals surface area contributed by atoms with Gasteiger partial charge in [0.2, 0.25) is 0 Å². The van der Waals surface area contributed by atoms with E-state index in [1.165, 1.54) is 0 Å².